The number of carbonyl (C=O) groups is 1. The van der Waals surface area contributed by atoms with Gasteiger partial charge in [0.05, 0.1) is 17.3 Å². The summed E-state index contributed by atoms with van der Waals surface area (Å²) >= 11 is 0. The van der Waals surface area contributed by atoms with Gasteiger partial charge in [0.25, 0.3) is 5.91 Å². The van der Waals surface area contributed by atoms with E-state index >= 15 is 0 Å². The van der Waals surface area contributed by atoms with Crippen LogP contribution in [0.3, 0.4) is 0 Å². The van der Waals surface area contributed by atoms with Crippen molar-refractivity contribution in [3.8, 4) is 5.75 Å². The molecule has 4 aromatic carbocycles. The Morgan fingerprint density at radius 1 is 0.932 bits per heavy atom. The number of hydrogen-bond donors (Lipinski definition) is 2. The maximum absolute atomic E-state index is 14.2. The summed E-state index contributed by atoms with van der Waals surface area (Å²) in [5, 5.41) is 11.9. The van der Waals surface area contributed by atoms with Crippen molar-refractivity contribution in [1.82, 2.24) is 5.32 Å². The summed E-state index contributed by atoms with van der Waals surface area (Å²) in [6, 6.07) is 29.9. The maximum Gasteiger partial charge on any atom is 0.252 e. The maximum atomic E-state index is 14.2. The lowest BCUT2D eigenvalue weighted by Gasteiger charge is -2.30. The fourth-order valence-electron chi connectivity index (χ4n) is 4.97. The molecule has 0 spiro atoms. The van der Waals surface area contributed by atoms with Gasteiger partial charge in [-0.3, -0.25) is 4.79 Å². The van der Waals surface area contributed by atoms with E-state index in [-0.39, 0.29) is 36.1 Å². The number of nitrogens with one attached hydrogen (secondary N) is 1. The number of hydrogen-bond acceptors (Lipinski definition) is 7. The largest absolute Gasteiger partial charge is 0.494 e. The molecule has 0 saturated heterocycles. The number of halogens is 1. The zero-order chi connectivity index (χ0) is 31.0. The fraction of sp³-hybridized carbons (Fsp3) is 0.235. The average molecular weight is 617 g/mol. The van der Waals surface area contributed by atoms with Crippen LogP contribution in [0, 0.1) is 5.82 Å². The van der Waals surface area contributed by atoms with E-state index in [2.05, 4.69) is 5.32 Å². The van der Waals surface area contributed by atoms with Crippen molar-refractivity contribution in [2.75, 3.05) is 19.0 Å². The molecule has 228 valence electrons. The Morgan fingerprint density at radius 3 is 2.25 bits per heavy atom. The molecular formula is C34H33FN2O6S. The number of benzene rings is 4. The number of rotatable bonds is 13. The van der Waals surface area contributed by atoms with Crippen LogP contribution in [0.5, 0.6) is 5.75 Å². The normalized spacial score (nSPS) is 17.9. The van der Waals surface area contributed by atoms with E-state index in [0.29, 0.717) is 35.5 Å². The molecule has 0 fully saturated rings. The third-order valence-corrected chi connectivity index (χ3v) is 9.08. The highest BCUT2D eigenvalue weighted by atomic mass is 32.2. The van der Waals surface area contributed by atoms with Gasteiger partial charge in [-0.1, -0.05) is 60.7 Å². The molecule has 2 atom stereocenters. The molecular weight excluding hydrogens is 583 g/mol. The number of aliphatic hydroxyl groups excluding tert-OH is 1. The number of nitrogens with zero attached hydrogens (tertiary/aromatic N) is 1. The second-order valence-corrected chi connectivity index (χ2v) is 12.5. The summed E-state index contributed by atoms with van der Waals surface area (Å²) < 4.78 is 52.4. The molecule has 0 radical (unpaired) electrons. The van der Waals surface area contributed by atoms with E-state index in [1.807, 2.05) is 30.3 Å². The molecule has 0 aromatic heterocycles. The Kier molecular flexibility index (Phi) is 9.72. The Balaban J connectivity index is 1.52. The predicted molar refractivity (Wildman–Crippen MR) is 165 cm³/mol. The number of carbonyl (C=O) groups excluding carboxylic acids is 1. The average Bonchev–Trinajstić information content (AvgIpc) is 3.46. The van der Waals surface area contributed by atoms with Crippen LogP contribution in [0.1, 0.15) is 35.6 Å². The van der Waals surface area contributed by atoms with Crippen molar-refractivity contribution in [2.24, 2.45) is 4.99 Å². The van der Waals surface area contributed by atoms with Gasteiger partial charge in [0, 0.05) is 31.6 Å². The molecule has 5 rings (SSSR count). The van der Waals surface area contributed by atoms with Crippen molar-refractivity contribution in [1.29, 1.82) is 0 Å². The van der Waals surface area contributed by atoms with Gasteiger partial charge in [0.1, 0.15) is 11.6 Å². The van der Waals surface area contributed by atoms with Gasteiger partial charge in [-0.25, -0.2) is 17.8 Å². The van der Waals surface area contributed by atoms with Crippen LogP contribution in [0.4, 0.5) is 4.39 Å². The summed E-state index contributed by atoms with van der Waals surface area (Å²) in [6.45, 7) is 0.462. The quantitative estimate of drug-likeness (QED) is 0.204. The fourth-order valence-corrected chi connectivity index (χ4v) is 6.36. The molecule has 0 aliphatic carbocycles. The van der Waals surface area contributed by atoms with Crippen LogP contribution in [0.25, 0.3) is 0 Å². The molecule has 1 amide bonds. The topological polar surface area (TPSA) is 114 Å². The molecule has 44 heavy (non-hydrogen) atoms. The molecule has 1 aliphatic rings. The van der Waals surface area contributed by atoms with Crippen molar-refractivity contribution in [3.63, 3.8) is 0 Å². The second kappa shape index (κ2) is 13.8. The minimum absolute atomic E-state index is 0.0227. The molecule has 1 aliphatic heterocycles. The number of sulfone groups is 1. The molecule has 10 heteroatoms. The van der Waals surface area contributed by atoms with Crippen molar-refractivity contribution >= 4 is 21.6 Å². The van der Waals surface area contributed by atoms with Gasteiger partial charge in [0.2, 0.25) is 5.90 Å². The first-order valence-corrected chi connectivity index (χ1v) is 15.9. The standard InChI is InChI=1S/C34H33FN2O6S/c35-28-16-12-25(13-17-28)24-36-33(39)34(20-23-44(40,41)30-10-5-2-6-11-30)31(26-8-3-1-4-9-26)43-32(37-34)27-14-18-29(19-15-27)42-22-7-21-38/h1-6,8-19,31,38H,7,20-24H2,(H,36,39)/t31-,34-/m1/s1. The van der Waals surface area contributed by atoms with Crippen molar-refractivity contribution in [3.05, 3.63) is 132 Å². The van der Waals surface area contributed by atoms with Gasteiger partial charge >= 0.3 is 0 Å². The summed E-state index contributed by atoms with van der Waals surface area (Å²) in [4.78, 5) is 19.2. The van der Waals surface area contributed by atoms with Crippen LogP contribution in [-0.4, -0.2) is 49.8 Å². The first-order valence-electron chi connectivity index (χ1n) is 14.3. The predicted octanol–water partition coefficient (Wildman–Crippen LogP) is 5.02. The zero-order valence-electron chi connectivity index (χ0n) is 23.9. The van der Waals surface area contributed by atoms with Crippen LogP contribution < -0.4 is 10.1 Å². The third kappa shape index (κ3) is 7.15. The molecule has 8 nitrogen and oxygen atoms in total. The van der Waals surface area contributed by atoms with Gasteiger partial charge < -0.3 is 19.9 Å². The second-order valence-electron chi connectivity index (χ2n) is 10.4. The molecule has 0 unspecified atom stereocenters. The minimum Gasteiger partial charge on any atom is -0.494 e. The van der Waals surface area contributed by atoms with Crippen molar-refractivity contribution in [2.45, 2.75) is 35.9 Å². The highest BCUT2D eigenvalue weighted by Crippen LogP contribution is 2.43. The van der Waals surface area contributed by atoms with Crippen LogP contribution >= 0.6 is 0 Å². The highest BCUT2D eigenvalue weighted by molar-refractivity contribution is 7.91. The number of aliphatic imine (C=N–C) groups is 1. The summed E-state index contributed by atoms with van der Waals surface area (Å²) in [6.07, 6.45) is -0.596. The van der Waals surface area contributed by atoms with Crippen LogP contribution in [-0.2, 0) is 25.9 Å². The van der Waals surface area contributed by atoms with E-state index < -0.39 is 33.2 Å². The molecule has 0 bridgehead atoms. The first-order chi connectivity index (χ1) is 21.3. The number of amides is 1. The van der Waals surface area contributed by atoms with Gasteiger partial charge in [-0.2, -0.15) is 0 Å². The van der Waals surface area contributed by atoms with Gasteiger partial charge in [-0.05, 0) is 59.7 Å². The molecule has 1 heterocycles. The lowest BCUT2D eigenvalue weighted by atomic mass is 9.85. The van der Waals surface area contributed by atoms with Gasteiger partial charge in [-0.15, -0.1) is 0 Å². The molecule has 0 saturated carbocycles. The first kappa shape index (κ1) is 30.9. The Bertz CT molecular complexity index is 1680. The van der Waals surface area contributed by atoms with E-state index in [9.17, 15) is 17.6 Å². The van der Waals surface area contributed by atoms with E-state index in [0.717, 1.165) is 0 Å². The Labute approximate surface area is 256 Å². The zero-order valence-corrected chi connectivity index (χ0v) is 24.8. The number of aliphatic hydroxyl groups is 1. The van der Waals surface area contributed by atoms with E-state index in [1.165, 1.54) is 24.3 Å². The monoisotopic (exact) mass is 616 g/mol. The molecule has 2 N–H and O–H groups in total. The third-order valence-electron chi connectivity index (χ3n) is 7.35. The molecule has 4 aromatic rings. The van der Waals surface area contributed by atoms with Gasteiger partial charge in [0.15, 0.2) is 21.5 Å². The number of ether oxygens (including phenoxy) is 2. The lowest BCUT2D eigenvalue weighted by Crippen LogP contribution is -2.49. The highest BCUT2D eigenvalue weighted by Gasteiger charge is 2.53. The smallest absolute Gasteiger partial charge is 0.252 e. The van der Waals surface area contributed by atoms with E-state index in [1.54, 1.807) is 54.6 Å². The van der Waals surface area contributed by atoms with E-state index in [4.69, 9.17) is 19.6 Å². The Hall–Kier alpha value is -4.54. The van der Waals surface area contributed by atoms with Crippen molar-refractivity contribution < 1.29 is 32.2 Å². The summed E-state index contributed by atoms with van der Waals surface area (Å²) in [5.74, 6) is -0.484. The summed E-state index contributed by atoms with van der Waals surface area (Å²) in [7, 11) is -3.78. The SMILES string of the molecule is O=C(NCc1ccc(F)cc1)[C@]1(CCS(=O)(=O)c2ccccc2)N=C(c2ccc(OCCCO)cc2)O[C@@H]1c1ccccc1. The Morgan fingerprint density at radius 2 is 1.59 bits per heavy atom. The van der Waals surface area contributed by atoms with Crippen LogP contribution in [0.15, 0.2) is 119 Å². The lowest BCUT2D eigenvalue weighted by molar-refractivity contribution is -0.129. The van der Waals surface area contributed by atoms with Crippen LogP contribution in [0.2, 0.25) is 0 Å². The minimum atomic E-state index is -3.78. The summed E-state index contributed by atoms with van der Waals surface area (Å²) in [5.41, 5.74) is 0.265.